The molecule has 0 fully saturated rings. The molecular formula is C16H17N3S. The standard InChI is InChI=1S/C16H17N3S/c1-3-19(12-13-7-4-5-10-18-13)15-8-6-9-16(20-2)14(15)11-17/h4-10H,3,12H2,1-2H3. The Balaban J connectivity index is 2.35. The van der Waals surface area contributed by atoms with Gasteiger partial charge in [-0.15, -0.1) is 11.8 Å². The minimum Gasteiger partial charge on any atom is -0.365 e. The van der Waals surface area contributed by atoms with Gasteiger partial charge in [0.25, 0.3) is 0 Å². The molecule has 1 aromatic carbocycles. The van der Waals surface area contributed by atoms with Gasteiger partial charge in [-0.05, 0) is 37.4 Å². The maximum absolute atomic E-state index is 9.44. The van der Waals surface area contributed by atoms with E-state index in [1.807, 2.05) is 42.7 Å². The third-order valence-electron chi connectivity index (χ3n) is 3.14. The van der Waals surface area contributed by atoms with Crippen LogP contribution in [-0.4, -0.2) is 17.8 Å². The number of rotatable bonds is 5. The van der Waals surface area contributed by atoms with Crippen molar-refractivity contribution in [3.8, 4) is 6.07 Å². The lowest BCUT2D eigenvalue weighted by Crippen LogP contribution is -2.23. The second-order valence-electron chi connectivity index (χ2n) is 4.30. The zero-order valence-corrected chi connectivity index (χ0v) is 12.5. The van der Waals surface area contributed by atoms with E-state index in [1.165, 1.54) is 0 Å². The molecule has 0 unspecified atom stereocenters. The molecule has 3 nitrogen and oxygen atoms in total. The quantitative estimate of drug-likeness (QED) is 0.784. The Labute approximate surface area is 124 Å². The number of aromatic nitrogens is 1. The van der Waals surface area contributed by atoms with Crippen molar-refractivity contribution in [1.29, 1.82) is 5.26 Å². The molecule has 20 heavy (non-hydrogen) atoms. The Morgan fingerprint density at radius 2 is 2.10 bits per heavy atom. The smallest absolute Gasteiger partial charge is 0.103 e. The fraction of sp³-hybridized carbons (Fsp3) is 0.250. The summed E-state index contributed by atoms with van der Waals surface area (Å²) in [6.07, 6.45) is 3.79. The summed E-state index contributed by atoms with van der Waals surface area (Å²) in [5.74, 6) is 0. The minimum atomic E-state index is 0.712. The first-order valence-corrected chi connectivity index (χ1v) is 7.74. The molecule has 0 radical (unpaired) electrons. The summed E-state index contributed by atoms with van der Waals surface area (Å²) in [4.78, 5) is 7.56. The third-order valence-corrected chi connectivity index (χ3v) is 3.92. The molecular weight excluding hydrogens is 266 g/mol. The topological polar surface area (TPSA) is 39.9 Å². The zero-order chi connectivity index (χ0) is 14.4. The minimum absolute atomic E-state index is 0.712. The molecule has 0 saturated carbocycles. The van der Waals surface area contributed by atoms with E-state index >= 15 is 0 Å². The van der Waals surface area contributed by atoms with E-state index in [9.17, 15) is 5.26 Å². The molecule has 1 heterocycles. The molecule has 2 aromatic rings. The summed E-state index contributed by atoms with van der Waals surface area (Å²) in [6.45, 7) is 3.64. The van der Waals surface area contributed by atoms with Gasteiger partial charge in [-0.25, -0.2) is 0 Å². The molecule has 1 aromatic heterocycles. The van der Waals surface area contributed by atoms with Crippen LogP contribution >= 0.6 is 11.8 Å². The van der Waals surface area contributed by atoms with Crippen LogP contribution in [0, 0.1) is 11.3 Å². The lowest BCUT2D eigenvalue weighted by molar-refractivity contribution is 0.806. The van der Waals surface area contributed by atoms with Gasteiger partial charge in [0.05, 0.1) is 23.5 Å². The Morgan fingerprint density at radius 1 is 1.25 bits per heavy atom. The van der Waals surface area contributed by atoms with Crippen molar-refractivity contribution >= 4 is 17.4 Å². The molecule has 2 rings (SSSR count). The highest BCUT2D eigenvalue weighted by Crippen LogP contribution is 2.29. The molecule has 0 atom stereocenters. The van der Waals surface area contributed by atoms with Crippen LogP contribution in [0.4, 0.5) is 5.69 Å². The molecule has 0 aliphatic heterocycles. The highest BCUT2D eigenvalue weighted by molar-refractivity contribution is 7.98. The van der Waals surface area contributed by atoms with E-state index in [2.05, 4.69) is 22.9 Å². The third kappa shape index (κ3) is 3.12. The number of hydrogen-bond acceptors (Lipinski definition) is 4. The van der Waals surface area contributed by atoms with Crippen LogP contribution in [0.15, 0.2) is 47.5 Å². The van der Waals surface area contributed by atoms with Crippen molar-refractivity contribution in [3.05, 3.63) is 53.9 Å². The average Bonchev–Trinajstić information content (AvgIpc) is 2.52. The number of benzene rings is 1. The largest absolute Gasteiger partial charge is 0.365 e. The summed E-state index contributed by atoms with van der Waals surface area (Å²) >= 11 is 1.60. The van der Waals surface area contributed by atoms with Gasteiger partial charge in [0.15, 0.2) is 0 Å². The van der Waals surface area contributed by atoms with Crippen molar-refractivity contribution in [2.75, 3.05) is 17.7 Å². The number of nitriles is 1. The van der Waals surface area contributed by atoms with Gasteiger partial charge in [0, 0.05) is 17.6 Å². The first-order chi connectivity index (χ1) is 9.80. The van der Waals surface area contributed by atoms with Gasteiger partial charge in [0.1, 0.15) is 6.07 Å². The van der Waals surface area contributed by atoms with Gasteiger partial charge in [0.2, 0.25) is 0 Å². The average molecular weight is 283 g/mol. The summed E-state index contributed by atoms with van der Waals surface area (Å²) < 4.78 is 0. The van der Waals surface area contributed by atoms with Crippen LogP contribution in [0.3, 0.4) is 0 Å². The van der Waals surface area contributed by atoms with Gasteiger partial charge in [-0.2, -0.15) is 5.26 Å². The maximum Gasteiger partial charge on any atom is 0.103 e. The first-order valence-electron chi connectivity index (χ1n) is 6.52. The second kappa shape index (κ2) is 6.97. The normalized spacial score (nSPS) is 10.1. The number of anilines is 1. The summed E-state index contributed by atoms with van der Waals surface area (Å²) in [5.41, 5.74) is 2.73. The van der Waals surface area contributed by atoms with Crippen molar-refractivity contribution < 1.29 is 0 Å². The Morgan fingerprint density at radius 3 is 2.70 bits per heavy atom. The lowest BCUT2D eigenvalue weighted by atomic mass is 10.1. The molecule has 0 bridgehead atoms. The molecule has 102 valence electrons. The van der Waals surface area contributed by atoms with E-state index in [4.69, 9.17) is 0 Å². The zero-order valence-electron chi connectivity index (χ0n) is 11.7. The van der Waals surface area contributed by atoms with Crippen LogP contribution in [0.5, 0.6) is 0 Å². The van der Waals surface area contributed by atoms with E-state index in [-0.39, 0.29) is 0 Å². The van der Waals surface area contributed by atoms with Crippen molar-refractivity contribution in [1.82, 2.24) is 4.98 Å². The van der Waals surface area contributed by atoms with Crippen LogP contribution in [0.2, 0.25) is 0 Å². The number of thioether (sulfide) groups is 1. The van der Waals surface area contributed by atoms with Gasteiger partial charge in [-0.1, -0.05) is 12.1 Å². The number of pyridine rings is 1. The van der Waals surface area contributed by atoms with Crippen LogP contribution in [-0.2, 0) is 6.54 Å². The van der Waals surface area contributed by atoms with Crippen molar-refractivity contribution in [2.45, 2.75) is 18.4 Å². The maximum atomic E-state index is 9.44. The molecule has 4 heteroatoms. The first kappa shape index (κ1) is 14.4. The molecule has 0 saturated heterocycles. The number of hydrogen-bond donors (Lipinski definition) is 0. The lowest BCUT2D eigenvalue weighted by Gasteiger charge is -2.24. The molecule has 0 amide bonds. The Bertz CT molecular complexity index is 605. The monoisotopic (exact) mass is 283 g/mol. The van der Waals surface area contributed by atoms with Crippen molar-refractivity contribution in [3.63, 3.8) is 0 Å². The van der Waals surface area contributed by atoms with Crippen LogP contribution in [0.1, 0.15) is 18.2 Å². The molecule has 0 aliphatic carbocycles. The summed E-state index contributed by atoms with van der Waals surface area (Å²) in [6, 6.07) is 14.2. The Kier molecular flexibility index (Phi) is 5.03. The predicted octanol–water partition coefficient (Wildman–Crippen LogP) is 3.70. The highest BCUT2D eigenvalue weighted by Gasteiger charge is 2.13. The molecule has 0 spiro atoms. The summed E-state index contributed by atoms with van der Waals surface area (Å²) in [5, 5.41) is 9.44. The van der Waals surface area contributed by atoms with E-state index in [0.29, 0.717) is 6.54 Å². The molecule has 0 aliphatic rings. The number of nitrogens with zero attached hydrogens (tertiary/aromatic N) is 3. The van der Waals surface area contributed by atoms with Gasteiger partial charge in [-0.3, -0.25) is 4.98 Å². The summed E-state index contributed by atoms with van der Waals surface area (Å²) in [7, 11) is 0. The predicted molar refractivity (Wildman–Crippen MR) is 83.9 cm³/mol. The van der Waals surface area contributed by atoms with Gasteiger partial charge >= 0.3 is 0 Å². The van der Waals surface area contributed by atoms with E-state index < -0.39 is 0 Å². The fourth-order valence-corrected chi connectivity index (χ4v) is 2.69. The molecule has 0 N–H and O–H groups in total. The fourth-order valence-electron chi connectivity index (χ4n) is 2.12. The van der Waals surface area contributed by atoms with Crippen molar-refractivity contribution in [2.24, 2.45) is 0 Å². The van der Waals surface area contributed by atoms with Crippen LogP contribution in [0.25, 0.3) is 0 Å². The second-order valence-corrected chi connectivity index (χ2v) is 5.15. The van der Waals surface area contributed by atoms with Gasteiger partial charge < -0.3 is 4.90 Å². The van der Waals surface area contributed by atoms with Crippen LogP contribution < -0.4 is 4.90 Å². The highest BCUT2D eigenvalue weighted by atomic mass is 32.2. The van der Waals surface area contributed by atoms with E-state index in [1.54, 1.807) is 18.0 Å². The Hall–Kier alpha value is -1.99. The SMILES string of the molecule is CCN(Cc1ccccn1)c1cccc(SC)c1C#N. The van der Waals surface area contributed by atoms with E-state index in [0.717, 1.165) is 28.4 Å².